The van der Waals surface area contributed by atoms with E-state index in [1.54, 1.807) is 12.4 Å². The van der Waals surface area contributed by atoms with Crippen molar-refractivity contribution < 1.29 is 19.5 Å². The lowest BCUT2D eigenvalue weighted by molar-refractivity contribution is 0.0897. The highest BCUT2D eigenvalue weighted by atomic mass is 127. The first-order chi connectivity index (χ1) is 25.4. The molecule has 6 heterocycles. The molecule has 0 aromatic carbocycles. The summed E-state index contributed by atoms with van der Waals surface area (Å²) < 4.78 is 16.6. The highest BCUT2D eigenvalue weighted by Gasteiger charge is 2.18. The summed E-state index contributed by atoms with van der Waals surface area (Å²) in [7, 11) is -3.68. The highest BCUT2D eigenvalue weighted by molar-refractivity contribution is 14.1. The van der Waals surface area contributed by atoms with Gasteiger partial charge < -0.3 is 40.1 Å². The minimum absolute atomic E-state index is 0.115. The van der Waals surface area contributed by atoms with Crippen LogP contribution < -0.4 is 16.9 Å². The first-order valence-corrected chi connectivity index (χ1v) is 26.0. The average Bonchev–Trinajstić information content (AvgIpc) is 3.64. The van der Waals surface area contributed by atoms with E-state index in [2.05, 4.69) is 102 Å². The van der Waals surface area contributed by atoms with Crippen LogP contribution in [0.1, 0.15) is 0 Å². The highest BCUT2D eigenvalue weighted by Crippen LogP contribution is 2.33. The summed E-state index contributed by atoms with van der Waals surface area (Å²) in [6.07, 6.45) is 12.7. The third-order valence-corrected chi connectivity index (χ3v) is 12.4. The molecule has 0 amide bonds. The van der Waals surface area contributed by atoms with Gasteiger partial charge in [-0.15, -0.1) is 0 Å². The Morgan fingerprint density at radius 1 is 0.685 bits per heavy atom. The molecule has 6 aromatic rings. The summed E-state index contributed by atoms with van der Waals surface area (Å²) in [5, 5.41) is 19.6. The number of hydrogen-bond acceptors (Lipinski definition) is 14. The fourth-order valence-electron chi connectivity index (χ4n) is 4.58. The van der Waals surface area contributed by atoms with E-state index in [0.717, 1.165) is 56.0 Å². The zero-order valence-corrected chi connectivity index (χ0v) is 36.6. The van der Waals surface area contributed by atoms with Crippen LogP contribution in [0.2, 0.25) is 61.7 Å². The van der Waals surface area contributed by atoms with Crippen LogP contribution in [0.25, 0.3) is 33.2 Å². The Hall–Kier alpha value is -3.35. The molecule has 0 radical (unpaired) electrons. The van der Waals surface area contributed by atoms with Crippen molar-refractivity contribution in [1.82, 2.24) is 49.0 Å². The van der Waals surface area contributed by atoms with Gasteiger partial charge in [0.1, 0.15) is 47.7 Å². The second-order valence-corrected chi connectivity index (χ2v) is 27.6. The van der Waals surface area contributed by atoms with Crippen LogP contribution in [-0.4, -0.2) is 95.5 Å². The van der Waals surface area contributed by atoms with E-state index in [1.807, 2.05) is 21.5 Å². The number of rotatable bonds is 12. The predicted molar refractivity (Wildman–Crippen MR) is 228 cm³/mol. The number of aromatic nitrogens is 10. The molecule has 22 heteroatoms. The molecular formula is C32H44BCl2IN12O4Si2. The lowest BCUT2D eigenvalue weighted by Crippen LogP contribution is -2.30. The summed E-state index contributed by atoms with van der Waals surface area (Å²) in [6.45, 7) is 16.5. The first kappa shape index (κ1) is 43.4. The molecule has 0 spiro atoms. The van der Waals surface area contributed by atoms with Crippen LogP contribution in [0.15, 0.2) is 49.8 Å². The van der Waals surface area contributed by atoms with Crippen molar-refractivity contribution in [3.8, 4) is 11.1 Å². The summed E-state index contributed by atoms with van der Waals surface area (Å²) >= 11 is 14.6. The van der Waals surface area contributed by atoms with Gasteiger partial charge in [0.05, 0.1) is 10.8 Å². The van der Waals surface area contributed by atoms with Crippen LogP contribution in [0.5, 0.6) is 0 Å². The zero-order valence-electron chi connectivity index (χ0n) is 30.9. The number of ether oxygens (including phenoxy) is 2. The van der Waals surface area contributed by atoms with Crippen molar-refractivity contribution in [2.75, 3.05) is 24.7 Å². The van der Waals surface area contributed by atoms with Gasteiger partial charge in [-0.05, 0) is 34.7 Å². The molecule has 16 nitrogen and oxygen atoms in total. The van der Waals surface area contributed by atoms with Gasteiger partial charge in [-0.1, -0.05) is 62.5 Å². The number of nitrogens with two attached hydrogens (primary N) is 2. The quantitative estimate of drug-likeness (QED) is 0.0538. The van der Waals surface area contributed by atoms with Crippen molar-refractivity contribution in [2.24, 2.45) is 0 Å². The fraction of sp³-hybridized carbons (Fsp3) is 0.375. The van der Waals surface area contributed by atoms with Gasteiger partial charge in [-0.2, -0.15) is 0 Å². The van der Waals surface area contributed by atoms with E-state index in [-0.39, 0.29) is 17.4 Å². The molecule has 0 fully saturated rings. The van der Waals surface area contributed by atoms with Crippen molar-refractivity contribution in [3.63, 3.8) is 0 Å². The molecule has 54 heavy (non-hydrogen) atoms. The topological polar surface area (TPSA) is 224 Å². The van der Waals surface area contributed by atoms with E-state index >= 15 is 0 Å². The molecule has 0 bridgehead atoms. The SMILES string of the molecule is C[Si](C)(C)CCOCn1cc(-c2cnc(N)nc2)c2c(Cl)ncnc21.C[Si](C)(C)CCOCn1cc(I)c2c(Cl)ncnc21.Nc1ncc(B(O)O)cn1. The molecule has 0 atom stereocenters. The van der Waals surface area contributed by atoms with E-state index in [0.29, 0.717) is 23.8 Å². The maximum absolute atomic E-state index is 8.55. The third kappa shape index (κ3) is 12.9. The van der Waals surface area contributed by atoms with Crippen LogP contribution in [0.3, 0.4) is 0 Å². The summed E-state index contributed by atoms with van der Waals surface area (Å²) in [6, 6.07) is 2.28. The number of nitrogen functional groups attached to an aromatic ring is 2. The fourth-order valence-corrected chi connectivity index (χ4v) is 7.55. The smallest absolute Gasteiger partial charge is 0.423 e. The molecule has 6 aromatic heterocycles. The summed E-state index contributed by atoms with van der Waals surface area (Å²) in [5.74, 6) is 0.342. The standard InChI is InChI=1S/C16H21ClN6OSi.C12H17ClIN3OSi.C4H6BN3O2/c1-25(2,3)5-4-24-10-23-8-12(11-6-19-16(18)20-7-11)13-14(17)21-9-22-15(13)23;1-19(2,3)5-4-18-8-17-6-9(14)10-11(13)15-7-16-12(10)17;6-4-7-1-3(2-8-4)5(9)10/h6-9H,4-5,10H2,1-3H3,(H2,18,19,20);6-7H,4-5,8H2,1-3H3;1-2,9-10H,(H2,6,7,8). The van der Waals surface area contributed by atoms with E-state index < -0.39 is 23.3 Å². The maximum atomic E-state index is 8.55. The normalized spacial score (nSPS) is 11.6. The molecule has 288 valence electrons. The molecular weight excluding hydrogens is 881 g/mol. The van der Waals surface area contributed by atoms with Crippen molar-refractivity contribution in [3.05, 3.63) is 63.7 Å². The van der Waals surface area contributed by atoms with Gasteiger partial charge in [0.15, 0.2) is 0 Å². The Kier molecular flexibility index (Phi) is 15.7. The Bertz CT molecular complexity index is 2120. The molecule has 6 rings (SSSR count). The number of fused-ring (bicyclic) bond motifs is 2. The van der Waals surface area contributed by atoms with Gasteiger partial charge in [0, 0.05) is 86.7 Å². The van der Waals surface area contributed by atoms with Gasteiger partial charge in [-0.3, -0.25) is 0 Å². The Labute approximate surface area is 339 Å². The summed E-state index contributed by atoms with van der Waals surface area (Å²) in [5.41, 5.74) is 14.2. The molecule has 0 saturated carbocycles. The second kappa shape index (κ2) is 19.5. The molecule has 6 N–H and O–H groups in total. The molecule has 0 aliphatic heterocycles. The molecule has 0 aliphatic rings. The number of nitrogens with zero attached hydrogens (tertiary/aromatic N) is 10. The molecule has 0 unspecified atom stereocenters. The van der Waals surface area contributed by atoms with Crippen LogP contribution >= 0.6 is 45.8 Å². The van der Waals surface area contributed by atoms with Gasteiger partial charge in [0.25, 0.3) is 0 Å². The summed E-state index contributed by atoms with van der Waals surface area (Å²) in [4.78, 5) is 31.9. The van der Waals surface area contributed by atoms with Crippen molar-refractivity contribution in [2.45, 2.75) is 64.8 Å². The number of anilines is 2. The largest absolute Gasteiger partial charge is 0.491 e. The van der Waals surface area contributed by atoms with E-state index in [4.69, 9.17) is 54.2 Å². The van der Waals surface area contributed by atoms with Crippen molar-refractivity contribution in [1.29, 1.82) is 0 Å². The van der Waals surface area contributed by atoms with E-state index in [9.17, 15) is 0 Å². The average molecular weight is 926 g/mol. The third-order valence-electron chi connectivity index (χ3n) is 7.59. The van der Waals surface area contributed by atoms with Crippen LogP contribution in [0.4, 0.5) is 11.9 Å². The number of hydrogen-bond donors (Lipinski definition) is 4. The maximum Gasteiger partial charge on any atom is 0.491 e. The number of halogens is 3. The Balaban J connectivity index is 0.000000197. The Morgan fingerprint density at radius 2 is 1.13 bits per heavy atom. The minimum atomic E-state index is -1.53. The first-order valence-electron chi connectivity index (χ1n) is 16.7. The van der Waals surface area contributed by atoms with Crippen LogP contribution in [0, 0.1) is 3.57 Å². The Morgan fingerprint density at radius 3 is 1.61 bits per heavy atom. The van der Waals surface area contributed by atoms with Gasteiger partial charge in [0.2, 0.25) is 11.9 Å². The monoisotopic (exact) mass is 924 g/mol. The van der Waals surface area contributed by atoms with Crippen LogP contribution in [-0.2, 0) is 22.9 Å². The molecule has 0 aliphatic carbocycles. The van der Waals surface area contributed by atoms with Crippen molar-refractivity contribution >= 4 is 108 Å². The lowest BCUT2D eigenvalue weighted by Gasteiger charge is -2.15. The molecule has 0 saturated heterocycles. The second-order valence-electron chi connectivity index (χ2n) is 14.5. The minimum Gasteiger partial charge on any atom is -0.423 e. The lowest BCUT2D eigenvalue weighted by atomic mass is 9.83. The van der Waals surface area contributed by atoms with Gasteiger partial charge in [-0.25, -0.2) is 39.9 Å². The van der Waals surface area contributed by atoms with E-state index in [1.165, 1.54) is 31.1 Å². The van der Waals surface area contributed by atoms with Gasteiger partial charge >= 0.3 is 7.12 Å². The predicted octanol–water partition coefficient (Wildman–Crippen LogP) is 5.18. The zero-order chi connectivity index (χ0) is 39.6.